The lowest BCUT2D eigenvalue weighted by Crippen LogP contribution is -2.34. The van der Waals surface area contributed by atoms with E-state index in [9.17, 15) is 4.79 Å². The molecule has 0 bridgehead atoms. The summed E-state index contributed by atoms with van der Waals surface area (Å²) in [6.07, 6.45) is 7.27. The highest BCUT2D eigenvalue weighted by molar-refractivity contribution is 5.96. The van der Waals surface area contributed by atoms with Crippen LogP contribution in [-0.4, -0.2) is 35.5 Å². The maximum atomic E-state index is 12.8. The molecule has 4 heteroatoms. The Balaban J connectivity index is 1.42. The SMILES string of the molecule is CCCCOc1ccc(C(=O)N2CC=C(c3c[nH]c4ccccc34)CC2)cc1. The van der Waals surface area contributed by atoms with E-state index in [1.54, 1.807) is 0 Å². The number of aromatic amines is 1. The van der Waals surface area contributed by atoms with Gasteiger partial charge in [0.25, 0.3) is 5.91 Å². The van der Waals surface area contributed by atoms with Gasteiger partial charge in [-0.05, 0) is 48.7 Å². The van der Waals surface area contributed by atoms with E-state index in [2.05, 4.69) is 42.4 Å². The first-order valence-corrected chi connectivity index (χ1v) is 10.0. The third-order valence-corrected chi connectivity index (χ3v) is 5.30. The van der Waals surface area contributed by atoms with E-state index in [1.807, 2.05) is 35.2 Å². The highest BCUT2D eigenvalue weighted by atomic mass is 16.5. The van der Waals surface area contributed by atoms with Crippen LogP contribution in [0.15, 0.2) is 60.8 Å². The molecule has 1 N–H and O–H groups in total. The molecular formula is C24H26N2O2. The minimum Gasteiger partial charge on any atom is -0.494 e. The summed E-state index contributed by atoms with van der Waals surface area (Å²) in [6.45, 7) is 4.24. The number of nitrogens with one attached hydrogen (secondary N) is 1. The van der Waals surface area contributed by atoms with Crippen molar-refractivity contribution in [2.75, 3.05) is 19.7 Å². The van der Waals surface area contributed by atoms with Crippen molar-refractivity contribution < 1.29 is 9.53 Å². The van der Waals surface area contributed by atoms with Crippen LogP contribution in [-0.2, 0) is 0 Å². The summed E-state index contributed by atoms with van der Waals surface area (Å²) >= 11 is 0. The van der Waals surface area contributed by atoms with E-state index in [1.165, 1.54) is 16.5 Å². The number of hydrogen-bond acceptors (Lipinski definition) is 2. The number of rotatable bonds is 6. The van der Waals surface area contributed by atoms with E-state index >= 15 is 0 Å². The van der Waals surface area contributed by atoms with Crippen molar-refractivity contribution in [2.24, 2.45) is 0 Å². The number of H-pyrrole nitrogens is 1. The van der Waals surface area contributed by atoms with Gasteiger partial charge in [-0.25, -0.2) is 0 Å². The average molecular weight is 374 g/mol. The van der Waals surface area contributed by atoms with Gasteiger partial charge in [0.05, 0.1) is 6.61 Å². The summed E-state index contributed by atoms with van der Waals surface area (Å²) in [5.41, 5.74) is 4.42. The fourth-order valence-electron chi connectivity index (χ4n) is 3.65. The zero-order valence-electron chi connectivity index (χ0n) is 16.3. The van der Waals surface area contributed by atoms with E-state index in [4.69, 9.17) is 4.74 Å². The second-order valence-electron chi connectivity index (χ2n) is 7.20. The van der Waals surface area contributed by atoms with Crippen molar-refractivity contribution in [3.8, 4) is 5.75 Å². The summed E-state index contributed by atoms with van der Waals surface area (Å²) in [7, 11) is 0. The van der Waals surface area contributed by atoms with Gasteiger partial charge in [0.15, 0.2) is 0 Å². The number of benzene rings is 2. The molecule has 3 aromatic rings. The molecule has 4 nitrogen and oxygen atoms in total. The topological polar surface area (TPSA) is 45.3 Å². The lowest BCUT2D eigenvalue weighted by Gasteiger charge is -2.26. The van der Waals surface area contributed by atoms with E-state index in [0.29, 0.717) is 12.1 Å². The number of fused-ring (bicyclic) bond motifs is 1. The number of nitrogens with zero attached hydrogens (tertiary/aromatic N) is 1. The molecule has 0 radical (unpaired) electrons. The monoisotopic (exact) mass is 374 g/mol. The normalized spacial score (nSPS) is 14.2. The molecule has 0 saturated heterocycles. The van der Waals surface area contributed by atoms with Gasteiger partial charge in [0.1, 0.15) is 5.75 Å². The molecule has 0 aliphatic carbocycles. The Hall–Kier alpha value is -3.01. The molecule has 2 aromatic carbocycles. The lowest BCUT2D eigenvalue weighted by atomic mass is 9.98. The molecule has 1 amide bonds. The number of carbonyl (C=O) groups excluding carboxylic acids is 1. The minimum atomic E-state index is 0.0781. The van der Waals surface area contributed by atoms with Crippen molar-refractivity contribution in [3.63, 3.8) is 0 Å². The zero-order valence-corrected chi connectivity index (χ0v) is 16.3. The molecule has 28 heavy (non-hydrogen) atoms. The minimum absolute atomic E-state index is 0.0781. The van der Waals surface area contributed by atoms with Crippen molar-refractivity contribution in [3.05, 3.63) is 71.9 Å². The van der Waals surface area contributed by atoms with Gasteiger partial charge in [0, 0.05) is 41.3 Å². The third kappa shape index (κ3) is 3.81. The second-order valence-corrected chi connectivity index (χ2v) is 7.20. The van der Waals surface area contributed by atoms with Gasteiger partial charge in [-0.1, -0.05) is 37.6 Å². The van der Waals surface area contributed by atoms with Crippen molar-refractivity contribution in [1.29, 1.82) is 0 Å². The average Bonchev–Trinajstić information content (AvgIpc) is 3.18. The Morgan fingerprint density at radius 2 is 1.96 bits per heavy atom. The number of unbranched alkanes of at least 4 members (excludes halogenated alkanes) is 1. The van der Waals surface area contributed by atoms with Crippen LogP contribution >= 0.6 is 0 Å². The molecule has 0 spiro atoms. The molecule has 0 fully saturated rings. The highest BCUT2D eigenvalue weighted by Crippen LogP contribution is 2.29. The summed E-state index contributed by atoms with van der Waals surface area (Å²) < 4.78 is 5.68. The van der Waals surface area contributed by atoms with Crippen molar-refractivity contribution in [2.45, 2.75) is 26.2 Å². The fourth-order valence-corrected chi connectivity index (χ4v) is 3.65. The number of para-hydroxylation sites is 1. The molecule has 144 valence electrons. The van der Waals surface area contributed by atoms with Crippen LogP contribution in [0.4, 0.5) is 0 Å². The molecule has 1 aliphatic heterocycles. The number of carbonyl (C=O) groups is 1. The van der Waals surface area contributed by atoms with Gasteiger partial charge in [-0.2, -0.15) is 0 Å². The Bertz CT molecular complexity index is 985. The smallest absolute Gasteiger partial charge is 0.254 e. The van der Waals surface area contributed by atoms with Crippen molar-refractivity contribution in [1.82, 2.24) is 9.88 Å². The highest BCUT2D eigenvalue weighted by Gasteiger charge is 2.20. The Morgan fingerprint density at radius 3 is 2.71 bits per heavy atom. The molecule has 1 aromatic heterocycles. The predicted molar refractivity (Wildman–Crippen MR) is 114 cm³/mol. The lowest BCUT2D eigenvalue weighted by molar-refractivity contribution is 0.0773. The number of amides is 1. The summed E-state index contributed by atoms with van der Waals surface area (Å²) in [4.78, 5) is 18.1. The quantitative estimate of drug-likeness (QED) is 0.597. The van der Waals surface area contributed by atoms with Gasteiger partial charge < -0.3 is 14.6 Å². The number of ether oxygens (including phenoxy) is 1. The van der Waals surface area contributed by atoms with Crippen LogP contribution in [0.1, 0.15) is 42.1 Å². The van der Waals surface area contributed by atoms with Crippen molar-refractivity contribution >= 4 is 22.4 Å². The molecular weight excluding hydrogens is 348 g/mol. The molecule has 0 unspecified atom stereocenters. The van der Waals surface area contributed by atoms with Crippen LogP contribution in [0, 0.1) is 0 Å². The largest absolute Gasteiger partial charge is 0.494 e. The third-order valence-electron chi connectivity index (χ3n) is 5.30. The van der Waals surface area contributed by atoms with E-state index < -0.39 is 0 Å². The molecule has 0 saturated carbocycles. The maximum Gasteiger partial charge on any atom is 0.254 e. The second kappa shape index (κ2) is 8.34. The van der Waals surface area contributed by atoms with Gasteiger partial charge in [0.2, 0.25) is 0 Å². The Morgan fingerprint density at radius 1 is 1.14 bits per heavy atom. The predicted octanol–water partition coefficient (Wildman–Crippen LogP) is 5.28. The maximum absolute atomic E-state index is 12.8. The molecule has 1 aliphatic rings. The Kier molecular flexibility index (Phi) is 5.47. The van der Waals surface area contributed by atoms with Gasteiger partial charge in [-0.15, -0.1) is 0 Å². The van der Waals surface area contributed by atoms with E-state index in [-0.39, 0.29) is 5.91 Å². The molecule has 0 atom stereocenters. The summed E-state index contributed by atoms with van der Waals surface area (Å²) in [6, 6.07) is 15.8. The zero-order chi connectivity index (χ0) is 19.3. The number of aromatic nitrogens is 1. The van der Waals surface area contributed by atoms with Crippen LogP contribution in [0.3, 0.4) is 0 Å². The first-order chi connectivity index (χ1) is 13.8. The Labute approximate surface area is 165 Å². The van der Waals surface area contributed by atoms with E-state index in [0.717, 1.165) is 43.7 Å². The van der Waals surface area contributed by atoms with Gasteiger partial charge in [-0.3, -0.25) is 4.79 Å². The summed E-state index contributed by atoms with van der Waals surface area (Å²) in [5.74, 6) is 0.902. The number of hydrogen-bond donors (Lipinski definition) is 1. The van der Waals surface area contributed by atoms with Crippen LogP contribution in [0.5, 0.6) is 5.75 Å². The fraction of sp³-hybridized carbons (Fsp3) is 0.292. The van der Waals surface area contributed by atoms with Crippen LogP contribution < -0.4 is 4.74 Å². The van der Waals surface area contributed by atoms with Gasteiger partial charge >= 0.3 is 0 Å². The first-order valence-electron chi connectivity index (χ1n) is 10.0. The van der Waals surface area contributed by atoms with Crippen LogP contribution in [0.2, 0.25) is 0 Å². The molecule has 4 rings (SSSR count). The standard InChI is InChI=1S/C24H26N2O2/c1-2-3-16-28-20-10-8-19(9-11-20)24(27)26-14-12-18(13-15-26)22-17-25-23-7-5-4-6-21(22)23/h4-12,17,25H,2-3,13-16H2,1H3. The summed E-state index contributed by atoms with van der Waals surface area (Å²) in [5, 5.41) is 1.24. The first kappa shape index (κ1) is 18.4. The van der Waals surface area contributed by atoms with Crippen LogP contribution in [0.25, 0.3) is 16.5 Å². The molecule has 2 heterocycles.